The Kier molecular flexibility index (Phi) is 6.86. The Hall–Kier alpha value is -1.66. The molecular formula is C20H30N2O4. The van der Waals surface area contributed by atoms with Crippen LogP contribution >= 0.6 is 0 Å². The molecule has 6 heteroatoms. The molecule has 0 amide bonds. The number of fused-ring (bicyclic) bond motifs is 1. The fraction of sp³-hybridized carbons (Fsp3) is 0.700. The van der Waals surface area contributed by atoms with Gasteiger partial charge >= 0.3 is 5.69 Å². The van der Waals surface area contributed by atoms with Crippen LogP contribution in [0.5, 0.6) is 0 Å². The number of rotatable bonds is 10. The summed E-state index contributed by atoms with van der Waals surface area (Å²) in [6.45, 7) is 2.21. The quantitative estimate of drug-likeness (QED) is 0.648. The molecule has 2 atom stereocenters. The smallest absolute Gasteiger partial charge is 0.353 e. The predicted octanol–water partition coefficient (Wildman–Crippen LogP) is 3.95. The molecule has 0 aromatic carbocycles. The highest BCUT2D eigenvalue weighted by atomic mass is 16.5. The Morgan fingerprint density at radius 3 is 2.69 bits per heavy atom. The second-order valence-corrected chi connectivity index (χ2v) is 7.25. The maximum atomic E-state index is 12.3. The summed E-state index contributed by atoms with van der Waals surface area (Å²) < 4.78 is 13.0. The lowest BCUT2D eigenvalue weighted by molar-refractivity contribution is -0.0243. The van der Waals surface area contributed by atoms with E-state index in [2.05, 4.69) is 11.9 Å². The molecule has 0 spiro atoms. The number of aliphatic hydroxyl groups excluding tert-OH is 1. The van der Waals surface area contributed by atoms with Crippen molar-refractivity contribution in [1.82, 2.24) is 9.55 Å². The molecule has 6 nitrogen and oxygen atoms in total. The molecule has 2 aromatic heterocycles. The van der Waals surface area contributed by atoms with E-state index in [0.29, 0.717) is 12.1 Å². The average molecular weight is 362 g/mol. The highest BCUT2D eigenvalue weighted by Gasteiger charge is 2.27. The van der Waals surface area contributed by atoms with E-state index in [-0.39, 0.29) is 24.6 Å². The first-order valence-electron chi connectivity index (χ1n) is 9.99. The summed E-state index contributed by atoms with van der Waals surface area (Å²) in [5, 5.41) is 10.0. The molecule has 26 heavy (non-hydrogen) atoms. The zero-order chi connectivity index (χ0) is 18.4. The Morgan fingerprint density at radius 2 is 1.96 bits per heavy atom. The fourth-order valence-corrected chi connectivity index (χ4v) is 3.59. The van der Waals surface area contributed by atoms with Crippen molar-refractivity contribution in [1.29, 1.82) is 0 Å². The molecule has 0 radical (unpaired) electrons. The normalized spacial score (nSPS) is 20.2. The second-order valence-electron chi connectivity index (χ2n) is 7.25. The van der Waals surface area contributed by atoms with Gasteiger partial charge in [-0.1, -0.05) is 45.4 Å². The monoisotopic (exact) mass is 362 g/mol. The van der Waals surface area contributed by atoms with Crippen LogP contribution in [0.1, 0.15) is 76.7 Å². The van der Waals surface area contributed by atoms with Crippen molar-refractivity contribution in [3.63, 3.8) is 0 Å². The van der Waals surface area contributed by atoms with Crippen LogP contribution in [0.25, 0.3) is 11.1 Å². The van der Waals surface area contributed by atoms with Gasteiger partial charge in [0.1, 0.15) is 12.0 Å². The highest BCUT2D eigenvalue weighted by molar-refractivity contribution is 5.72. The second kappa shape index (κ2) is 9.33. The van der Waals surface area contributed by atoms with Crippen LogP contribution in [0.15, 0.2) is 21.5 Å². The highest BCUT2D eigenvalue weighted by Crippen LogP contribution is 2.28. The van der Waals surface area contributed by atoms with Gasteiger partial charge in [0.25, 0.3) is 0 Å². The zero-order valence-corrected chi connectivity index (χ0v) is 15.7. The SMILES string of the molecule is CCCCCCCCCc1cc2cn([C@H]3CC[C@@H](CO)O3)c(=O)nc2o1. The van der Waals surface area contributed by atoms with Crippen molar-refractivity contribution in [3.05, 3.63) is 28.5 Å². The molecule has 2 aromatic rings. The average Bonchev–Trinajstić information content (AvgIpc) is 3.26. The summed E-state index contributed by atoms with van der Waals surface area (Å²) in [5.74, 6) is 0.888. The van der Waals surface area contributed by atoms with Gasteiger partial charge < -0.3 is 14.3 Å². The van der Waals surface area contributed by atoms with Crippen LogP contribution < -0.4 is 5.69 Å². The molecule has 1 aliphatic rings. The van der Waals surface area contributed by atoms with Crippen molar-refractivity contribution < 1.29 is 14.3 Å². The molecule has 0 bridgehead atoms. The van der Waals surface area contributed by atoms with Crippen LogP contribution in [0, 0.1) is 0 Å². The number of nitrogens with zero attached hydrogens (tertiary/aromatic N) is 2. The summed E-state index contributed by atoms with van der Waals surface area (Å²) in [4.78, 5) is 16.3. The van der Waals surface area contributed by atoms with Gasteiger partial charge in [-0.15, -0.1) is 0 Å². The largest absolute Gasteiger partial charge is 0.443 e. The van der Waals surface area contributed by atoms with Gasteiger partial charge in [0.05, 0.1) is 18.1 Å². The summed E-state index contributed by atoms with van der Waals surface area (Å²) in [7, 11) is 0. The van der Waals surface area contributed by atoms with Gasteiger partial charge in [-0.25, -0.2) is 4.79 Å². The number of aliphatic hydroxyl groups is 1. The van der Waals surface area contributed by atoms with E-state index in [9.17, 15) is 9.90 Å². The van der Waals surface area contributed by atoms with E-state index < -0.39 is 0 Å². The maximum absolute atomic E-state index is 12.3. The molecule has 1 fully saturated rings. The maximum Gasteiger partial charge on any atom is 0.353 e. The lowest BCUT2D eigenvalue weighted by atomic mass is 10.1. The van der Waals surface area contributed by atoms with Gasteiger partial charge in [0.2, 0.25) is 5.71 Å². The van der Waals surface area contributed by atoms with Crippen molar-refractivity contribution in [2.75, 3.05) is 6.61 Å². The van der Waals surface area contributed by atoms with Gasteiger partial charge in [0.15, 0.2) is 0 Å². The third-order valence-electron chi connectivity index (χ3n) is 5.11. The van der Waals surface area contributed by atoms with Crippen LogP contribution in [0.4, 0.5) is 0 Å². The van der Waals surface area contributed by atoms with Crippen LogP contribution in [0.2, 0.25) is 0 Å². The number of hydrogen-bond donors (Lipinski definition) is 1. The van der Waals surface area contributed by atoms with E-state index in [1.165, 1.54) is 43.1 Å². The predicted molar refractivity (Wildman–Crippen MR) is 100 cm³/mol. The van der Waals surface area contributed by atoms with Crippen molar-refractivity contribution in [3.8, 4) is 0 Å². The molecule has 1 N–H and O–H groups in total. The number of hydrogen-bond acceptors (Lipinski definition) is 5. The number of unbranched alkanes of at least 4 members (excludes halogenated alkanes) is 6. The minimum Gasteiger partial charge on any atom is -0.443 e. The summed E-state index contributed by atoms with van der Waals surface area (Å²) in [5.41, 5.74) is 0.0406. The van der Waals surface area contributed by atoms with Gasteiger partial charge in [-0.3, -0.25) is 4.57 Å². The Bertz CT molecular complexity index is 752. The first-order valence-corrected chi connectivity index (χ1v) is 9.99. The molecule has 0 aliphatic carbocycles. The first kappa shape index (κ1) is 19.1. The topological polar surface area (TPSA) is 77.5 Å². The Morgan fingerprint density at radius 1 is 1.19 bits per heavy atom. The number of ether oxygens (including phenoxy) is 1. The number of aryl methyl sites for hydroxylation is 1. The van der Waals surface area contributed by atoms with Gasteiger partial charge in [-0.2, -0.15) is 4.98 Å². The minimum absolute atomic E-state index is 0.0186. The Balaban J connectivity index is 1.58. The fourth-order valence-electron chi connectivity index (χ4n) is 3.59. The third kappa shape index (κ3) is 4.74. The lowest BCUT2D eigenvalue weighted by Gasteiger charge is -2.14. The van der Waals surface area contributed by atoms with Crippen molar-refractivity contribution in [2.24, 2.45) is 0 Å². The molecular weight excluding hydrogens is 332 g/mol. The standard InChI is InChI=1S/C20H30N2O4/c1-2-3-4-5-6-7-8-9-16-12-15-13-22(20(24)21-19(15)26-16)18-11-10-17(14-23)25-18/h12-13,17-18,23H,2-11,14H2,1H3/t17-,18+/m0/s1. The molecule has 0 unspecified atom stereocenters. The molecule has 1 saturated heterocycles. The molecule has 3 rings (SSSR count). The zero-order valence-electron chi connectivity index (χ0n) is 15.7. The minimum atomic E-state index is -0.363. The molecule has 3 heterocycles. The van der Waals surface area contributed by atoms with E-state index in [1.807, 2.05) is 6.07 Å². The van der Waals surface area contributed by atoms with E-state index in [4.69, 9.17) is 9.15 Å². The molecule has 144 valence electrons. The van der Waals surface area contributed by atoms with E-state index in [1.54, 1.807) is 6.20 Å². The van der Waals surface area contributed by atoms with Crippen LogP contribution in [-0.2, 0) is 11.2 Å². The summed E-state index contributed by atoms with van der Waals surface area (Å²) in [6, 6.07) is 1.98. The van der Waals surface area contributed by atoms with Gasteiger partial charge in [-0.05, 0) is 25.3 Å². The van der Waals surface area contributed by atoms with Crippen molar-refractivity contribution >= 4 is 11.1 Å². The lowest BCUT2D eigenvalue weighted by Crippen LogP contribution is -2.27. The van der Waals surface area contributed by atoms with Gasteiger partial charge in [0, 0.05) is 12.6 Å². The molecule has 0 saturated carbocycles. The third-order valence-corrected chi connectivity index (χ3v) is 5.11. The van der Waals surface area contributed by atoms with Crippen LogP contribution in [0.3, 0.4) is 0 Å². The van der Waals surface area contributed by atoms with E-state index >= 15 is 0 Å². The summed E-state index contributed by atoms with van der Waals surface area (Å²) >= 11 is 0. The van der Waals surface area contributed by atoms with Crippen LogP contribution in [-0.4, -0.2) is 27.4 Å². The Labute approximate surface area is 154 Å². The molecule has 1 aliphatic heterocycles. The van der Waals surface area contributed by atoms with E-state index in [0.717, 1.165) is 30.4 Å². The number of aromatic nitrogens is 2. The van der Waals surface area contributed by atoms with Crippen molar-refractivity contribution in [2.45, 2.75) is 83.5 Å². The number of furan rings is 1. The first-order chi connectivity index (χ1) is 12.7. The summed E-state index contributed by atoms with van der Waals surface area (Å²) in [6.07, 6.45) is 12.4.